The second-order valence-electron chi connectivity index (χ2n) is 5.15. The van der Waals surface area contributed by atoms with Gasteiger partial charge in [0.2, 0.25) is 0 Å². The Bertz CT molecular complexity index is 617. The second-order valence-corrected chi connectivity index (χ2v) is 5.15. The molecule has 1 aromatic heterocycles. The summed E-state index contributed by atoms with van der Waals surface area (Å²) in [5.74, 6) is 0.645. The van der Waals surface area contributed by atoms with E-state index in [9.17, 15) is 13.2 Å². The Morgan fingerprint density at radius 3 is 2.29 bits per heavy atom. The molecule has 21 heavy (non-hydrogen) atoms. The van der Waals surface area contributed by atoms with Crippen LogP contribution in [0, 0.1) is 0 Å². The van der Waals surface area contributed by atoms with Crippen LogP contribution < -0.4 is 4.90 Å². The highest BCUT2D eigenvalue weighted by Crippen LogP contribution is 2.36. The normalized spacial score (nSPS) is 15.5. The first-order chi connectivity index (χ1) is 10.1. The number of pyridine rings is 1. The molecule has 2 heterocycles. The Balaban J connectivity index is 2.12. The maximum absolute atomic E-state index is 12.9. The largest absolute Gasteiger partial charge is 0.417 e. The average molecular weight is 292 g/mol. The Morgan fingerprint density at radius 1 is 1.00 bits per heavy atom. The molecule has 0 unspecified atom stereocenters. The van der Waals surface area contributed by atoms with Gasteiger partial charge in [-0.05, 0) is 24.5 Å². The Kier molecular flexibility index (Phi) is 3.57. The van der Waals surface area contributed by atoms with E-state index in [-0.39, 0.29) is 0 Å². The molecular weight excluding hydrogens is 277 g/mol. The van der Waals surface area contributed by atoms with Crippen LogP contribution in [-0.2, 0) is 6.18 Å². The van der Waals surface area contributed by atoms with Crippen molar-refractivity contribution in [2.24, 2.45) is 0 Å². The van der Waals surface area contributed by atoms with Crippen LogP contribution in [0.2, 0.25) is 0 Å². The van der Waals surface area contributed by atoms with Crippen molar-refractivity contribution in [3.8, 4) is 11.1 Å². The summed E-state index contributed by atoms with van der Waals surface area (Å²) < 4.78 is 38.8. The molecule has 0 bridgehead atoms. The zero-order valence-corrected chi connectivity index (χ0v) is 11.4. The van der Waals surface area contributed by atoms with Gasteiger partial charge in [-0.25, -0.2) is 4.98 Å². The number of anilines is 1. The van der Waals surface area contributed by atoms with Crippen molar-refractivity contribution in [2.75, 3.05) is 18.0 Å². The monoisotopic (exact) mass is 292 g/mol. The van der Waals surface area contributed by atoms with E-state index in [2.05, 4.69) is 9.88 Å². The van der Waals surface area contributed by atoms with Gasteiger partial charge in [-0.3, -0.25) is 0 Å². The van der Waals surface area contributed by atoms with Crippen LogP contribution in [0.5, 0.6) is 0 Å². The highest BCUT2D eigenvalue weighted by atomic mass is 19.4. The molecule has 2 aromatic rings. The molecule has 1 saturated heterocycles. The minimum absolute atomic E-state index is 0.548. The molecule has 1 aliphatic rings. The number of rotatable bonds is 2. The summed E-state index contributed by atoms with van der Waals surface area (Å²) in [6, 6.07) is 10.3. The molecule has 2 nitrogen and oxygen atoms in total. The smallest absolute Gasteiger partial charge is 0.356 e. The molecule has 3 rings (SSSR count). The predicted molar refractivity (Wildman–Crippen MR) is 76.1 cm³/mol. The van der Waals surface area contributed by atoms with Crippen LogP contribution in [0.3, 0.4) is 0 Å². The van der Waals surface area contributed by atoms with E-state index < -0.39 is 11.7 Å². The third-order valence-corrected chi connectivity index (χ3v) is 3.68. The lowest BCUT2D eigenvalue weighted by molar-refractivity contribution is -0.137. The van der Waals surface area contributed by atoms with Crippen molar-refractivity contribution < 1.29 is 13.2 Å². The Labute approximate surface area is 121 Å². The lowest BCUT2D eigenvalue weighted by Crippen LogP contribution is -2.20. The van der Waals surface area contributed by atoms with Gasteiger partial charge in [0.15, 0.2) is 0 Å². The lowest BCUT2D eigenvalue weighted by Gasteiger charge is -2.21. The van der Waals surface area contributed by atoms with Gasteiger partial charge in [-0.1, -0.05) is 30.3 Å². The maximum atomic E-state index is 12.9. The summed E-state index contributed by atoms with van der Waals surface area (Å²) in [4.78, 5) is 6.17. The van der Waals surface area contributed by atoms with Crippen LogP contribution in [0.25, 0.3) is 11.1 Å². The zero-order valence-electron chi connectivity index (χ0n) is 11.4. The third-order valence-electron chi connectivity index (χ3n) is 3.68. The second kappa shape index (κ2) is 5.39. The van der Waals surface area contributed by atoms with Crippen LogP contribution in [0.1, 0.15) is 18.4 Å². The van der Waals surface area contributed by atoms with Crippen molar-refractivity contribution in [2.45, 2.75) is 19.0 Å². The quantitative estimate of drug-likeness (QED) is 0.817. The molecule has 1 fully saturated rings. The number of aromatic nitrogens is 1. The van der Waals surface area contributed by atoms with E-state index in [1.165, 1.54) is 6.07 Å². The minimum Gasteiger partial charge on any atom is -0.356 e. The average Bonchev–Trinajstić information content (AvgIpc) is 3.01. The maximum Gasteiger partial charge on any atom is 0.417 e. The molecule has 1 aromatic carbocycles. The Morgan fingerprint density at radius 2 is 1.67 bits per heavy atom. The van der Waals surface area contributed by atoms with Gasteiger partial charge >= 0.3 is 6.18 Å². The van der Waals surface area contributed by atoms with Gasteiger partial charge in [-0.2, -0.15) is 13.2 Å². The first kappa shape index (κ1) is 13.9. The fourth-order valence-corrected chi connectivity index (χ4v) is 2.62. The fourth-order valence-electron chi connectivity index (χ4n) is 2.62. The van der Waals surface area contributed by atoms with E-state index in [4.69, 9.17) is 0 Å². The molecule has 0 radical (unpaired) electrons. The highest BCUT2D eigenvalue weighted by Gasteiger charge is 2.32. The standard InChI is InChI=1S/C16H15F3N2/c17-16(18,19)13-10-14(12-6-2-1-3-7-12)15(20-11-13)21-8-4-5-9-21/h1-3,6-7,10-11H,4-5,8-9H2. The van der Waals surface area contributed by atoms with E-state index in [0.29, 0.717) is 11.4 Å². The van der Waals surface area contributed by atoms with Crippen LogP contribution >= 0.6 is 0 Å². The van der Waals surface area contributed by atoms with Crippen molar-refractivity contribution in [3.05, 3.63) is 48.2 Å². The fraction of sp³-hybridized carbons (Fsp3) is 0.312. The number of nitrogens with zero attached hydrogens (tertiary/aromatic N) is 2. The summed E-state index contributed by atoms with van der Waals surface area (Å²) >= 11 is 0. The first-order valence-corrected chi connectivity index (χ1v) is 6.93. The van der Waals surface area contributed by atoms with Crippen molar-refractivity contribution in [1.29, 1.82) is 0 Å². The van der Waals surface area contributed by atoms with Crippen LogP contribution in [0.4, 0.5) is 19.0 Å². The molecule has 0 atom stereocenters. The van der Waals surface area contributed by atoms with E-state index >= 15 is 0 Å². The van der Waals surface area contributed by atoms with Crippen molar-refractivity contribution >= 4 is 5.82 Å². The molecule has 1 aliphatic heterocycles. The molecule has 0 spiro atoms. The first-order valence-electron chi connectivity index (χ1n) is 6.93. The number of halogens is 3. The summed E-state index contributed by atoms with van der Waals surface area (Å²) in [6.07, 6.45) is -1.34. The summed E-state index contributed by atoms with van der Waals surface area (Å²) in [5, 5.41) is 0. The SMILES string of the molecule is FC(F)(F)c1cnc(N2CCCC2)c(-c2ccccc2)c1. The molecule has 110 valence electrons. The lowest BCUT2D eigenvalue weighted by atomic mass is 10.0. The number of hydrogen-bond donors (Lipinski definition) is 0. The van der Waals surface area contributed by atoms with Gasteiger partial charge in [0.25, 0.3) is 0 Å². The van der Waals surface area contributed by atoms with Crippen LogP contribution in [-0.4, -0.2) is 18.1 Å². The molecular formula is C16H15F3N2. The minimum atomic E-state index is -4.37. The summed E-state index contributed by atoms with van der Waals surface area (Å²) in [7, 11) is 0. The van der Waals surface area contributed by atoms with Crippen LogP contribution in [0.15, 0.2) is 42.6 Å². The molecule has 0 amide bonds. The van der Waals surface area contributed by atoms with Gasteiger partial charge in [0.05, 0.1) is 5.56 Å². The number of hydrogen-bond acceptors (Lipinski definition) is 2. The third kappa shape index (κ3) is 2.86. The van der Waals surface area contributed by atoms with E-state index in [1.54, 1.807) is 0 Å². The topological polar surface area (TPSA) is 16.1 Å². The molecule has 5 heteroatoms. The summed E-state index contributed by atoms with van der Waals surface area (Å²) in [6.45, 7) is 1.69. The Hall–Kier alpha value is -2.04. The highest BCUT2D eigenvalue weighted by molar-refractivity contribution is 5.76. The van der Waals surface area contributed by atoms with Crippen molar-refractivity contribution in [3.63, 3.8) is 0 Å². The predicted octanol–water partition coefficient (Wildman–Crippen LogP) is 4.37. The van der Waals surface area contributed by atoms with Gasteiger partial charge in [0, 0.05) is 24.8 Å². The van der Waals surface area contributed by atoms with Gasteiger partial charge in [-0.15, -0.1) is 0 Å². The molecule has 0 N–H and O–H groups in total. The number of alkyl halides is 3. The number of benzene rings is 1. The molecule has 0 aliphatic carbocycles. The zero-order chi connectivity index (χ0) is 14.9. The van der Waals surface area contributed by atoms with E-state index in [1.807, 2.05) is 30.3 Å². The van der Waals surface area contributed by atoms with E-state index in [0.717, 1.165) is 37.7 Å². The summed E-state index contributed by atoms with van der Waals surface area (Å²) in [5.41, 5.74) is 0.606. The van der Waals surface area contributed by atoms with Gasteiger partial charge < -0.3 is 4.90 Å². The van der Waals surface area contributed by atoms with Crippen molar-refractivity contribution in [1.82, 2.24) is 4.98 Å². The molecule has 0 saturated carbocycles. The van der Waals surface area contributed by atoms with Gasteiger partial charge in [0.1, 0.15) is 5.82 Å².